The molecule has 0 aliphatic carbocycles. The van der Waals surface area contributed by atoms with Crippen LogP contribution in [0.5, 0.6) is 0 Å². The number of rotatable bonds is 4. The van der Waals surface area contributed by atoms with Gasteiger partial charge in [0.15, 0.2) is 0 Å². The Morgan fingerprint density at radius 1 is 1.41 bits per heavy atom. The Bertz CT molecular complexity index is 617. The number of hydrogen-bond donors (Lipinski definition) is 1. The molecule has 1 amide bonds. The quantitative estimate of drug-likeness (QED) is 0.635. The number of nitrogens with zero attached hydrogens (tertiary/aromatic N) is 4. The number of anilines is 1. The predicted octanol–water partition coefficient (Wildman–Crippen LogP) is 0.334. The number of carbonyl (C=O) groups excluding carboxylic acids is 1. The average molecular weight is 303 g/mol. The van der Waals surface area contributed by atoms with Gasteiger partial charge in [-0.05, 0) is 12.1 Å². The van der Waals surface area contributed by atoms with E-state index in [1.54, 1.807) is 19.2 Å². The second-order valence-electron chi connectivity index (χ2n) is 5.01. The molecule has 0 radical (unpaired) electrons. The number of nitriles is 1. The van der Waals surface area contributed by atoms with Gasteiger partial charge in [0.25, 0.3) is 5.69 Å². The number of amides is 1. The molecule has 1 aromatic rings. The van der Waals surface area contributed by atoms with Crippen LogP contribution in [0, 0.1) is 21.4 Å². The standard InChI is InChI=1S/C14H17N5O3/c1-16-14(20)10-17-4-6-18(7-5-17)12-3-2-11(9-15)8-13(12)19(21)22/h2-3,8H,4-7,10H2,1H3,(H,16,20). The van der Waals surface area contributed by atoms with Gasteiger partial charge in [0, 0.05) is 39.3 Å². The molecule has 0 bridgehead atoms. The third-order valence-electron chi connectivity index (χ3n) is 3.66. The Kier molecular flexibility index (Phi) is 4.91. The Hall–Kier alpha value is -2.66. The molecule has 1 heterocycles. The average Bonchev–Trinajstić information content (AvgIpc) is 2.54. The van der Waals surface area contributed by atoms with Crippen LogP contribution in [0.3, 0.4) is 0 Å². The monoisotopic (exact) mass is 303 g/mol. The third-order valence-corrected chi connectivity index (χ3v) is 3.66. The summed E-state index contributed by atoms with van der Waals surface area (Å²) in [4.78, 5) is 26.0. The number of nitro benzene ring substituents is 1. The SMILES string of the molecule is CNC(=O)CN1CCN(c2ccc(C#N)cc2[N+](=O)[O-])CC1. The maximum absolute atomic E-state index is 11.4. The molecule has 0 unspecified atom stereocenters. The Morgan fingerprint density at radius 2 is 2.09 bits per heavy atom. The number of likely N-dealkylation sites (N-methyl/N-ethyl adjacent to an activating group) is 1. The molecule has 1 aromatic carbocycles. The molecule has 1 aliphatic heterocycles. The first-order chi connectivity index (χ1) is 10.5. The Morgan fingerprint density at radius 3 is 2.64 bits per heavy atom. The first-order valence-electron chi connectivity index (χ1n) is 6.91. The van der Waals surface area contributed by atoms with E-state index in [4.69, 9.17) is 5.26 Å². The van der Waals surface area contributed by atoms with Crippen molar-refractivity contribution in [3.05, 3.63) is 33.9 Å². The summed E-state index contributed by atoms with van der Waals surface area (Å²) < 4.78 is 0. The molecule has 0 saturated carbocycles. The fourth-order valence-corrected chi connectivity index (χ4v) is 2.44. The summed E-state index contributed by atoms with van der Waals surface area (Å²) >= 11 is 0. The minimum atomic E-state index is -0.465. The molecule has 116 valence electrons. The zero-order chi connectivity index (χ0) is 16.1. The van der Waals surface area contributed by atoms with E-state index in [2.05, 4.69) is 5.32 Å². The van der Waals surface area contributed by atoms with Gasteiger partial charge in [-0.2, -0.15) is 5.26 Å². The van der Waals surface area contributed by atoms with Crippen molar-refractivity contribution in [2.24, 2.45) is 0 Å². The van der Waals surface area contributed by atoms with Crippen molar-refractivity contribution in [3.8, 4) is 6.07 Å². The van der Waals surface area contributed by atoms with E-state index in [1.807, 2.05) is 15.9 Å². The number of benzene rings is 1. The van der Waals surface area contributed by atoms with E-state index in [0.717, 1.165) is 0 Å². The molecule has 1 saturated heterocycles. The van der Waals surface area contributed by atoms with Crippen LogP contribution in [-0.2, 0) is 4.79 Å². The van der Waals surface area contributed by atoms with E-state index in [9.17, 15) is 14.9 Å². The fourth-order valence-electron chi connectivity index (χ4n) is 2.44. The van der Waals surface area contributed by atoms with Gasteiger partial charge in [0.1, 0.15) is 5.69 Å². The molecular formula is C14H17N5O3. The lowest BCUT2D eigenvalue weighted by Gasteiger charge is -2.35. The summed E-state index contributed by atoms with van der Waals surface area (Å²) in [6.45, 7) is 2.85. The molecule has 0 aromatic heterocycles. The molecule has 0 spiro atoms. The molecule has 8 heteroatoms. The highest BCUT2D eigenvalue weighted by Crippen LogP contribution is 2.29. The molecule has 2 rings (SSSR count). The number of nitrogens with one attached hydrogen (secondary N) is 1. The molecule has 8 nitrogen and oxygen atoms in total. The number of piperazine rings is 1. The number of carbonyl (C=O) groups is 1. The fraction of sp³-hybridized carbons (Fsp3) is 0.429. The van der Waals surface area contributed by atoms with Crippen molar-refractivity contribution in [1.29, 1.82) is 5.26 Å². The van der Waals surface area contributed by atoms with Crippen LogP contribution in [0.4, 0.5) is 11.4 Å². The maximum atomic E-state index is 11.4. The maximum Gasteiger partial charge on any atom is 0.293 e. The Labute approximate surface area is 128 Å². The summed E-state index contributed by atoms with van der Waals surface area (Å²) in [5, 5.41) is 22.6. The van der Waals surface area contributed by atoms with E-state index in [1.165, 1.54) is 6.07 Å². The van der Waals surface area contributed by atoms with Crippen LogP contribution in [0.25, 0.3) is 0 Å². The molecule has 1 aliphatic rings. The van der Waals surface area contributed by atoms with Crippen LogP contribution < -0.4 is 10.2 Å². The highest BCUT2D eigenvalue weighted by Gasteiger charge is 2.24. The number of hydrogen-bond acceptors (Lipinski definition) is 6. The molecule has 1 fully saturated rings. The van der Waals surface area contributed by atoms with Crippen molar-refractivity contribution >= 4 is 17.3 Å². The van der Waals surface area contributed by atoms with Crippen molar-refractivity contribution in [2.45, 2.75) is 0 Å². The van der Waals surface area contributed by atoms with Crippen molar-refractivity contribution in [3.63, 3.8) is 0 Å². The first-order valence-corrected chi connectivity index (χ1v) is 6.91. The summed E-state index contributed by atoms with van der Waals surface area (Å²) in [6, 6.07) is 6.41. The van der Waals surface area contributed by atoms with Gasteiger partial charge in [0.2, 0.25) is 5.91 Å². The summed E-state index contributed by atoms with van der Waals surface area (Å²) in [7, 11) is 1.60. The topological polar surface area (TPSA) is 103 Å². The lowest BCUT2D eigenvalue weighted by molar-refractivity contribution is -0.384. The van der Waals surface area contributed by atoms with Gasteiger partial charge >= 0.3 is 0 Å². The van der Waals surface area contributed by atoms with Crippen LogP contribution in [0.2, 0.25) is 0 Å². The zero-order valence-corrected chi connectivity index (χ0v) is 12.3. The van der Waals surface area contributed by atoms with Gasteiger partial charge in [-0.1, -0.05) is 0 Å². The summed E-state index contributed by atoms with van der Waals surface area (Å²) in [6.07, 6.45) is 0. The summed E-state index contributed by atoms with van der Waals surface area (Å²) in [5.41, 5.74) is 0.732. The van der Waals surface area contributed by atoms with Crippen molar-refractivity contribution in [2.75, 3.05) is 44.7 Å². The lowest BCUT2D eigenvalue weighted by atomic mass is 10.1. The second kappa shape index (κ2) is 6.87. The lowest BCUT2D eigenvalue weighted by Crippen LogP contribution is -2.49. The largest absolute Gasteiger partial charge is 0.363 e. The van der Waals surface area contributed by atoms with Gasteiger partial charge in [0.05, 0.1) is 23.1 Å². The summed E-state index contributed by atoms with van der Waals surface area (Å²) in [5.74, 6) is -0.0437. The smallest absolute Gasteiger partial charge is 0.293 e. The third kappa shape index (κ3) is 3.51. The first kappa shape index (κ1) is 15.7. The predicted molar refractivity (Wildman–Crippen MR) is 80.5 cm³/mol. The van der Waals surface area contributed by atoms with Crippen molar-refractivity contribution in [1.82, 2.24) is 10.2 Å². The molecule has 22 heavy (non-hydrogen) atoms. The van der Waals surface area contributed by atoms with E-state index in [-0.39, 0.29) is 17.2 Å². The second-order valence-corrected chi connectivity index (χ2v) is 5.01. The van der Waals surface area contributed by atoms with Gasteiger partial charge < -0.3 is 10.2 Å². The highest BCUT2D eigenvalue weighted by atomic mass is 16.6. The highest BCUT2D eigenvalue weighted by molar-refractivity contribution is 5.77. The minimum Gasteiger partial charge on any atom is -0.363 e. The molecule has 1 N–H and O–H groups in total. The van der Waals surface area contributed by atoms with E-state index in [0.29, 0.717) is 38.4 Å². The van der Waals surface area contributed by atoms with Gasteiger partial charge in [-0.3, -0.25) is 19.8 Å². The van der Waals surface area contributed by atoms with Crippen LogP contribution in [0.1, 0.15) is 5.56 Å². The van der Waals surface area contributed by atoms with Crippen LogP contribution in [-0.4, -0.2) is 55.5 Å². The normalized spacial score (nSPS) is 15.2. The van der Waals surface area contributed by atoms with E-state index < -0.39 is 4.92 Å². The number of nitro groups is 1. The van der Waals surface area contributed by atoms with Crippen molar-refractivity contribution < 1.29 is 9.72 Å². The van der Waals surface area contributed by atoms with Gasteiger partial charge in [-0.25, -0.2) is 0 Å². The van der Waals surface area contributed by atoms with Gasteiger partial charge in [-0.15, -0.1) is 0 Å². The van der Waals surface area contributed by atoms with E-state index >= 15 is 0 Å². The van der Waals surface area contributed by atoms with Crippen LogP contribution >= 0.6 is 0 Å². The molecule has 0 atom stereocenters. The van der Waals surface area contributed by atoms with Crippen LogP contribution in [0.15, 0.2) is 18.2 Å². The molecular weight excluding hydrogens is 286 g/mol. The Balaban J connectivity index is 2.10. The zero-order valence-electron chi connectivity index (χ0n) is 12.3. The minimum absolute atomic E-state index is 0.0437.